The molecule has 0 aromatic heterocycles. The number of piperazine rings is 1. The molecule has 2 amide bonds. The van der Waals surface area contributed by atoms with E-state index in [1.54, 1.807) is 28.9 Å². The zero-order chi connectivity index (χ0) is 20.1. The SMILES string of the molecule is CCc1ccc(C(=O)N2CCN(C(=O)C(C)Oc3ccccc3Cl)CC2)cc1. The van der Waals surface area contributed by atoms with Crippen LogP contribution in [0.5, 0.6) is 5.75 Å². The van der Waals surface area contributed by atoms with Gasteiger partial charge in [0, 0.05) is 31.7 Å². The summed E-state index contributed by atoms with van der Waals surface area (Å²) in [5.74, 6) is 0.406. The summed E-state index contributed by atoms with van der Waals surface area (Å²) >= 11 is 6.10. The molecule has 28 heavy (non-hydrogen) atoms. The van der Waals surface area contributed by atoms with Crippen molar-refractivity contribution in [3.63, 3.8) is 0 Å². The number of hydrogen-bond donors (Lipinski definition) is 0. The third kappa shape index (κ3) is 4.65. The van der Waals surface area contributed by atoms with Crippen LogP contribution in [0, 0.1) is 0 Å². The number of rotatable bonds is 5. The van der Waals surface area contributed by atoms with Gasteiger partial charge in [0.1, 0.15) is 5.75 Å². The predicted octanol–water partition coefficient (Wildman–Crippen LogP) is 3.65. The Morgan fingerprint density at radius 3 is 2.21 bits per heavy atom. The number of amides is 2. The second-order valence-electron chi connectivity index (χ2n) is 6.86. The fourth-order valence-corrected chi connectivity index (χ4v) is 3.41. The molecule has 1 aliphatic heterocycles. The van der Waals surface area contributed by atoms with Gasteiger partial charge < -0.3 is 14.5 Å². The number of nitrogens with zero attached hydrogens (tertiary/aromatic N) is 2. The highest BCUT2D eigenvalue weighted by atomic mass is 35.5. The monoisotopic (exact) mass is 400 g/mol. The Bertz CT molecular complexity index is 830. The van der Waals surface area contributed by atoms with Crippen molar-refractivity contribution in [2.75, 3.05) is 26.2 Å². The maximum atomic E-state index is 12.7. The summed E-state index contributed by atoms with van der Waals surface area (Å²) in [4.78, 5) is 28.9. The van der Waals surface area contributed by atoms with Crippen LogP contribution in [0.4, 0.5) is 0 Å². The summed E-state index contributed by atoms with van der Waals surface area (Å²) in [5, 5.41) is 0.478. The molecule has 2 aromatic carbocycles. The van der Waals surface area contributed by atoms with Gasteiger partial charge in [0.05, 0.1) is 5.02 Å². The number of halogens is 1. The van der Waals surface area contributed by atoms with Gasteiger partial charge in [-0.25, -0.2) is 0 Å². The Labute approximate surface area is 170 Å². The molecule has 1 atom stereocenters. The van der Waals surface area contributed by atoms with Gasteiger partial charge in [-0.1, -0.05) is 42.8 Å². The van der Waals surface area contributed by atoms with E-state index < -0.39 is 6.10 Å². The number of carbonyl (C=O) groups excluding carboxylic acids is 2. The van der Waals surface area contributed by atoms with Crippen LogP contribution in [0.3, 0.4) is 0 Å². The summed E-state index contributed by atoms with van der Waals surface area (Å²) in [7, 11) is 0. The molecule has 1 saturated heterocycles. The van der Waals surface area contributed by atoms with Gasteiger partial charge >= 0.3 is 0 Å². The Balaban J connectivity index is 1.54. The molecule has 1 aliphatic rings. The van der Waals surface area contributed by atoms with E-state index in [1.165, 1.54) is 5.56 Å². The van der Waals surface area contributed by atoms with Crippen LogP contribution in [0.2, 0.25) is 5.02 Å². The van der Waals surface area contributed by atoms with E-state index in [9.17, 15) is 9.59 Å². The normalized spacial score (nSPS) is 15.2. The van der Waals surface area contributed by atoms with Crippen LogP contribution >= 0.6 is 11.6 Å². The van der Waals surface area contributed by atoms with Crippen molar-refractivity contribution in [1.29, 1.82) is 0 Å². The average molecular weight is 401 g/mol. The Morgan fingerprint density at radius 1 is 1.00 bits per heavy atom. The molecule has 0 saturated carbocycles. The summed E-state index contributed by atoms with van der Waals surface area (Å²) in [6.07, 6.45) is 0.313. The quantitative estimate of drug-likeness (QED) is 0.769. The van der Waals surface area contributed by atoms with Crippen molar-refractivity contribution >= 4 is 23.4 Å². The third-order valence-electron chi connectivity index (χ3n) is 4.98. The maximum absolute atomic E-state index is 12.7. The molecule has 0 spiro atoms. The lowest BCUT2D eigenvalue weighted by molar-refractivity contribution is -0.139. The molecule has 5 nitrogen and oxygen atoms in total. The van der Waals surface area contributed by atoms with E-state index in [1.807, 2.05) is 36.4 Å². The molecule has 0 radical (unpaired) electrons. The van der Waals surface area contributed by atoms with Crippen molar-refractivity contribution in [2.45, 2.75) is 26.4 Å². The summed E-state index contributed by atoms with van der Waals surface area (Å²) in [5.41, 5.74) is 1.90. The standard InChI is InChI=1S/C22H25ClN2O3/c1-3-17-8-10-18(11-9-17)22(27)25-14-12-24(13-15-25)21(26)16(2)28-20-7-5-4-6-19(20)23/h4-11,16H,3,12-15H2,1-2H3. The van der Waals surface area contributed by atoms with Crippen molar-refractivity contribution in [3.8, 4) is 5.75 Å². The smallest absolute Gasteiger partial charge is 0.263 e. The van der Waals surface area contributed by atoms with E-state index in [0.717, 1.165) is 6.42 Å². The average Bonchev–Trinajstić information content (AvgIpc) is 2.74. The highest BCUT2D eigenvalue weighted by Gasteiger charge is 2.28. The highest BCUT2D eigenvalue weighted by molar-refractivity contribution is 6.32. The number of carbonyl (C=O) groups is 2. The molecular weight excluding hydrogens is 376 g/mol. The lowest BCUT2D eigenvalue weighted by Gasteiger charge is -2.36. The lowest BCUT2D eigenvalue weighted by Crippen LogP contribution is -2.53. The first-order chi connectivity index (χ1) is 13.5. The van der Waals surface area contributed by atoms with Crippen molar-refractivity contribution in [2.24, 2.45) is 0 Å². The fraction of sp³-hybridized carbons (Fsp3) is 0.364. The van der Waals surface area contributed by atoms with Gasteiger partial charge in [0.25, 0.3) is 11.8 Å². The van der Waals surface area contributed by atoms with Crippen LogP contribution in [-0.4, -0.2) is 53.9 Å². The number of ether oxygens (including phenoxy) is 1. The number of para-hydroxylation sites is 1. The van der Waals surface area contributed by atoms with Crippen LogP contribution in [-0.2, 0) is 11.2 Å². The molecule has 1 heterocycles. The first-order valence-electron chi connectivity index (χ1n) is 9.57. The van der Waals surface area contributed by atoms with Gasteiger partial charge in [-0.15, -0.1) is 0 Å². The Morgan fingerprint density at radius 2 is 1.61 bits per heavy atom. The first-order valence-corrected chi connectivity index (χ1v) is 9.95. The Hall–Kier alpha value is -2.53. The molecule has 1 fully saturated rings. The minimum Gasteiger partial charge on any atom is -0.479 e. The van der Waals surface area contributed by atoms with Gasteiger partial charge in [-0.3, -0.25) is 9.59 Å². The predicted molar refractivity (Wildman–Crippen MR) is 110 cm³/mol. The van der Waals surface area contributed by atoms with Gasteiger partial charge in [-0.2, -0.15) is 0 Å². The Kier molecular flexibility index (Phi) is 6.57. The van der Waals surface area contributed by atoms with E-state index >= 15 is 0 Å². The van der Waals surface area contributed by atoms with Crippen molar-refractivity contribution in [3.05, 3.63) is 64.7 Å². The molecule has 2 aromatic rings. The van der Waals surface area contributed by atoms with Crippen LogP contribution in [0.15, 0.2) is 48.5 Å². The lowest BCUT2D eigenvalue weighted by atomic mass is 10.1. The molecule has 148 valence electrons. The zero-order valence-corrected chi connectivity index (χ0v) is 17.0. The van der Waals surface area contributed by atoms with Crippen LogP contribution < -0.4 is 4.74 Å². The molecular formula is C22H25ClN2O3. The first kappa shape index (κ1) is 20.2. The molecule has 6 heteroatoms. The second-order valence-corrected chi connectivity index (χ2v) is 7.27. The highest BCUT2D eigenvalue weighted by Crippen LogP contribution is 2.24. The molecule has 0 aliphatic carbocycles. The number of hydrogen-bond acceptors (Lipinski definition) is 3. The number of aryl methyl sites for hydroxylation is 1. The largest absolute Gasteiger partial charge is 0.479 e. The van der Waals surface area contributed by atoms with E-state index in [0.29, 0.717) is 42.5 Å². The molecule has 1 unspecified atom stereocenters. The van der Waals surface area contributed by atoms with Gasteiger partial charge in [0.15, 0.2) is 6.10 Å². The molecule has 0 bridgehead atoms. The molecule has 0 N–H and O–H groups in total. The summed E-state index contributed by atoms with van der Waals surface area (Å²) in [6.45, 7) is 5.82. The van der Waals surface area contributed by atoms with Crippen molar-refractivity contribution in [1.82, 2.24) is 9.80 Å². The fourth-order valence-electron chi connectivity index (χ4n) is 3.23. The molecule has 3 rings (SSSR count). The van der Waals surface area contributed by atoms with Gasteiger partial charge in [0.2, 0.25) is 0 Å². The van der Waals surface area contributed by atoms with E-state index in [2.05, 4.69) is 6.92 Å². The van der Waals surface area contributed by atoms with Crippen LogP contribution in [0.1, 0.15) is 29.8 Å². The minimum atomic E-state index is -0.635. The van der Waals surface area contributed by atoms with Crippen molar-refractivity contribution < 1.29 is 14.3 Å². The summed E-state index contributed by atoms with van der Waals surface area (Å²) < 4.78 is 5.72. The third-order valence-corrected chi connectivity index (χ3v) is 5.29. The zero-order valence-electron chi connectivity index (χ0n) is 16.2. The second kappa shape index (κ2) is 9.11. The van der Waals surface area contributed by atoms with Crippen LogP contribution in [0.25, 0.3) is 0 Å². The minimum absolute atomic E-state index is 0.00937. The topological polar surface area (TPSA) is 49.9 Å². The maximum Gasteiger partial charge on any atom is 0.263 e. The number of benzene rings is 2. The van der Waals surface area contributed by atoms with Gasteiger partial charge in [-0.05, 0) is 43.2 Å². The van der Waals surface area contributed by atoms with E-state index in [4.69, 9.17) is 16.3 Å². The summed E-state index contributed by atoms with van der Waals surface area (Å²) in [6, 6.07) is 14.8. The van der Waals surface area contributed by atoms with E-state index in [-0.39, 0.29) is 11.8 Å².